The number of hydrogen-bond acceptors (Lipinski definition) is 10. The molecule has 3 saturated heterocycles. The summed E-state index contributed by atoms with van der Waals surface area (Å²) in [5, 5.41) is 20.7. The first kappa shape index (κ1) is 51.2. The number of rotatable bonds is 3. The Balaban J connectivity index is -0.000000491. The summed E-state index contributed by atoms with van der Waals surface area (Å²) in [5.41, 5.74) is -0.773. The summed E-state index contributed by atoms with van der Waals surface area (Å²) < 4.78 is 13.0. The molecule has 3 heterocycles. The van der Waals surface area contributed by atoms with Crippen LogP contribution in [0.15, 0.2) is 0 Å². The van der Waals surface area contributed by atoms with Gasteiger partial charge in [0.2, 0.25) is 0 Å². The van der Waals surface area contributed by atoms with E-state index >= 15 is 0 Å². The summed E-state index contributed by atoms with van der Waals surface area (Å²) >= 11 is 17.3. The van der Waals surface area contributed by atoms with Crippen molar-refractivity contribution in [2.75, 3.05) is 73.8 Å². The number of aliphatic hydroxyl groups is 2. The van der Waals surface area contributed by atoms with E-state index in [4.69, 9.17) is 10.2 Å². The van der Waals surface area contributed by atoms with Gasteiger partial charge in [0.15, 0.2) is 0 Å². The number of piperidine rings is 3. The van der Waals surface area contributed by atoms with E-state index in [2.05, 4.69) is 128 Å². The zero-order valence-corrected chi connectivity index (χ0v) is 40.0. The summed E-state index contributed by atoms with van der Waals surface area (Å²) in [6.07, 6.45) is 6.13. The number of ether oxygens (including phenoxy) is 3. The molecule has 3 fully saturated rings. The van der Waals surface area contributed by atoms with E-state index in [-0.39, 0.29) is 29.6 Å². The van der Waals surface area contributed by atoms with E-state index in [1.165, 1.54) is 34.2 Å². The number of carbonyl (C=O) groups excluding carboxylic acids is 4. The van der Waals surface area contributed by atoms with E-state index in [1.807, 2.05) is 0 Å². The average molecular weight is 1370 g/mol. The van der Waals surface area contributed by atoms with Gasteiger partial charge in [0.05, 0.1) is 21.3 Å². The van der Waals surface area contributed by atoms with Gasteiger partial charge in [-0.2, -0.15) is 0 Å². The molecule has 1 unspecified atom stereocenters. The van der Waals surface area contributed by atoms with Gasteiger partial charge in [0.25, 0.3) is 0 Å². The van der Waals surface area contributed by atoms with Crippen LogP contribution in [0.5, 0.6) is 0 Å². The number of likely N-dealkylation sites (tertiary alicyclic amines) is 2. The first-order valence-electron chi connectivity index (χ1n) is 13.3. The third-order valence-corrected chi connectivity index (χ3v) is 6.44. The molecule has 3 rings (SSSR count). The minimum absolute atomic E-state index is 0.130. The molecule has 0 radical (unpaired) electrons. The molecule has 3 N–H and O–H groups in total. The van der Waals surface area contributed by atoms with Crippen molar-refractivity contribution in [1.82, 2.24) is 15.1 Å². The Kier molecular flexibility index (Phi) is 43.1. The van der Waals surface area contributed by atoms with Gasteiger partial charge in [-0.05, 0) is 56.9 Å². The predicted octanol–water partition coefficient (Wildman–Crippen LogP) is 3.52. The van der Waals surface area contributed by atoms with Crippen LogP contribution in [0.1, 0.15) is 38.5 Å². The summed E-state index contributed by atoms with van der Waals surface area (Å²) in [7, 11) is 3.98. The number of nitrogens with one attached hydrogen (secondary N) is 1. The summed E-state index contributed by atoms with van der Waals surface area (Å²) in [6, 6.07) is 0. The van der Waals surface area contributed by atoms with Crippen LogP contribution in [0.3, 0.4) is 0 Å². The van der Waals surface area contributed by atoms with Crippen molar-refractivity contribution in [3.8, 4) is 0 Å². The molecular weight excluding hydrogens is 1320 g/mol. The molecule has 0 bridgehead atoms. The Labute approximate surface area is 334 Å². The Morgan fingerprint density at radius 3 is 1.50 bits per heavy atom. The quantitative estimate of drug-likeness (QED) is 0.166. The number of aliphatic hydroxyl groups excluding tert-OH is 2. The second-order valence-electron chi connectivity index (χ2n) is 9.10. The van der Waals surface area contributed by atoms with Crippen LogP contribution in [-0.2, 0) is 23.9 Å². The van der Waals surface area contributed by atoms with Crippen molar-refractivity contribution in [2.24, 2.45) is 17.8 Å². The van der Waals surface area contributed by atoms with Crippen LogP contribution in [0.2, 0.25) is 0 Å². The van der Waals surface area contributed by atoms with Crippen LogP contribution < -0.4 is 18.6 Å². The summed E-state index contributed by atoms with van der Waals surface area (Å²) in [6.45, 7) is 5.41. The number of aldehydes is 1. The Hall–Kier alpha value is 2.81. The van der Waals surface area contributed by atoms with Gasteiger partial charge in [-0.15, -0.1) is 0 Å². The normalized spacial score (nSPS) is 18.0. The first-order valence-corrected chi connectivity index (χ1v) is 39.8. The molecule has 0 spiro atoms. The number of carbonyl (C=O) groups is 4. The molecule has 0 aromatic heterocycles. The molecule has 44 heavy (non-hydrogen) atoms. The molecule has 12 nitrogen and oxygen atoms in total. The zero-order valence-electron chi connectivity index (χ0n) is 24.9. The zero-order chi connectivity index (χ0) is 34.3. The van der Waals surface area contributed by atoms with E-state index in [0.717, 1.165) is 45.1 Å². The number of halogens is 7. The topological polar surface area (TPSA) is 155 Å². The molecule has 20 heteroatoms. The van der Waals surface area contributed by atoms with Crippen molar-refractivity contribution in [1.29, 1.82) is 0 Å². The maximum absolute atomic E-state index is 11.0. The molecule has 0 aliphatic carbocycles. The van der Waals surface area contributed by atoms with E-state index in [9.17, 15) is 19.2 Å². The summed E-state index contributed by atoms with van der Waals surface area (Å²) in [4.78, 5) is 44.7. The van der Waals surface area contributed by atoms with Gasteiger partial charge in [-0.1, -0.05) is 0 Å². The van der Waals surface area contributed by atoms with Crippen molar-refractivity contribution >= 4 is 133 Å². The fourth-order valence-corrected chi connectivity index (χ4v) is 3.85. The molecule has 264 valence electrons. The van der Waals surface area contributed by atoms with Crippen LogP contribution in [0, 0.1) is 17.8 Å². The third kappa shape index (κ3) is 33.3. The molecule has 3 aliphatic rings. The SMILES string of the molecule is COC(=O)Cl.COC(=O)N1CCC(C=O)CC1.COC(=O)N1CCC(CO)CC1.I[I-]I.OCC1CCCNC1.[I][V]([I])[I]. The second-order valence-corrected chi connectivity index (χ2v) is 61.0. The van der Waals surface area contributed by atoms with Crippen molar-refractivity contribution < 1.29 is 61.8 Å². The number of nitrogens with zero attached hydrogens (tertiary/aromatic N) is 2. The van der Waals surface area contributed by atoms with Gasteiger partial charge in [0, 0.05) is 63.5 Å². The molecular formula is C24H44ClI6N3O9V-. The minimum atomic E-state index is -0.773. The molecule has 2 amide bonds. The molecule has 0 aromatic rings. The predicted molar refractivity (Wildman–Crippen MR) is 208 cm³/mol. The Bertz CT molecular complexity index is 720. The van der Waals surface area contributed by atoms with Gasteiger partial charge in [0.1, 0.15) is 6.29 Å². The van der Waals surface area contributed by atoms with Crippen molar-refractivity contribution in [2.45, 2.75) is 38.5 Å². The van der Waals surface area contributed by atoms with Gasteiger partial charge in [-0.25, -0.2) is 14.4 Å². The van der Waals surface area contributed by atoms with Crippen molar-refractivity contribution in [3.05, 3.63) is 0 Å². The van der Waals surface area contributed by atoms with Crippen LogP contribution >= 0.6 is 109 Å². The first-order chi connectivity index (χ1) is 20.9. The van der Waals surface area contributed by atoms with E-state index < -0.39 is 5.43 Å². The van der Waals surface area contributed by atoms with E-state index in [0.29, 0.717) is 57.9 Å². The third-order valence-electron chi connectivity index (χ3n) is 6.29. The Morgan fingerprint density at radius 2 is 1.25 bits per heavy atom. The van der Waals surface area contributed by atoms with E-state index in [1.54, 1.807) is 9.80 Å². The molecule has 1 atom stereocenters. The Morgan fingerprint density at radius 1 is 0.864 bits per heavy atom. The molecule has 3 aliphatic heterocycles. The number of amides is 2. The maximum atomic E-state index is 11.0. The monoisotopic (exact) mass is 1370 g/mol. The van der Waals surface area contributed by atoms with Gasteiger partial charge >= 0.3 is 133 Å². The number of methoxy groups -OCH3 is 3. The number of hydrogen-bond donors (Lipinski definition) is 3. The molecule has 0 aromatic carbocycles. The van der Waals surface area contributed by atoms with Crippen LogP contribution in [0.4, 0.5) is 14.4 Å². The fourth-order valence-electron chi connectivity index (χ4n) is 3.85. The fraction of sp³-hybridized carbons (Fsp3) is 0.833. The van der Waals surface area contributed by atoms with Crippen LogP contribution in [-0.4, -0.2) is 118 Å². The average Bonchev–Trinajstić information content (AvgIpc) is 3.05. The van der Waals surface area contributed by atoms with Gasteiger partial charge in [-0.3, -0.25) is 0 Å². The summed E-state index contributed by atoms with van der Waals surface area (Å²) in [5.74, 6) is 1.03. The van der Waals surface area contributed by atoms with Crippen LogP contribution in [0.25, 0.3) is 0 Å². The standard InChI is InChI=1S/C8H15NO3.C8H13NO3.C6H13NO.C2H3ClO2.I3.3HI.V/c2*1-12-8(11)9-4-2-7(6-10)3-5-9;8-5-6-2-1-3-7-4-6;1-5-2(3)4;1-3-2;;;;/h7,10H,2-6H2,1H3;6-7H,2-5H2,1H3;6-8H,1-5H2;1H3;;3*1H;/q;;;;-1;;;;+3/p-3. The molecule has 0 saturated carbocycles. The van der Waals surface area contributed by atoms with Gasteiger partial charge < -0.3 is 44.3 Å². The second kappa shape index (κ2) is 37.1. The van der Waals surface area contributed by atoms with Crippen molar-refractivity contribution in [3.63, 3.8) is 0 Å².